The molecule has 1 aromatic heterocycles. The average Bonchev–Trinajstić information content (AvgIpc) is 2.81. The van der Waals surface area contributed by atoms with Crippen molar-refractivity contribution in [3.8, 4) is 5.75 Å². The number of nitrogens with zero attached hydrogens (tertiary/aromatic N) is 3. The summed E-state index contributed by atoms with van der Waals surface area (Å²) in [7, 11) is 0. The van der Waals surface area contributed by atoms with Crippen LogP contribution in [0.25, 0.3) is 10.9 Å². The van der Waals surface area contributed by atoms with Crippen molar-refractivity contribution in [2.24, 2.45) is 4.99 Å². The highest BCUT2D eigenvalue weighted by molar-refractivity contribution is 14.0. The molecule has 0 bridgehead atoms. The molecule has 0 unspecified atom stereocenters. The molecule has 3 aromatic rings. The number of anilines is 1. The molecule has 1 amide bonds. The van der Waals surface area contributed by atoms with Crippen LogP contribution in [0.1, 0.15) is 18.9 Å². The number of carbonyl (C=O) groups is 1. The Bertz CT molecular complexity index is 1080. The third kappa shape index (κ3) is 5.67. The maximum absolute atomic E-state index is 12.3. The lowest BCUT2D eigenvalue weighted by Crippen LogP contribution is -2.42. The van der Waals surface area contributed by atoms with Crippen molar-refractivity contribution < 1.29 is 9.53 Å². The Labute approximate surface area is 205 Å². The van der Waals surface area contributed by atoms with Crippen molar-refractivity contribution in [1.29, 1.82) is 0 Å². The van der Waals surface area contributed by atoms with E-state index in [2.05, 4.69) is 21.7 Å². The summed E-state index contributed by atoms with van der Waals surface area (Å²) in [6.45, 7) is 4.80. The number of aromatic nitrogens is 1. The van der Waals surface area contributed by atoms with Crippen molar-refractivity contribution in [3.05, 3.63) is 66.4 Å². The maximum atomic E-state index is 12.3. The molecule has 1 aliphatic heterocycles. The van der Waals surface area contributed by atoms with Crippen LogP contribution in [0.5, 0.6) is 5.75 Å². The van der Waals surface area contributed by atoms with Gasteiger partial charge in [0.15, 0.2) is 12.6 Å². The average molecular weight is 545 g/mol. The molecule has 2 N–H and O–H groups in total. The summed E-state index contributed by atoms with van der Waals surface area (Å²) in [6, 6.07) is 17.8. The predicted molar refractivity (Wildman–Crippen MR) is 139 cm³/mol. The van der Waals surface area contributed by atoms with Gasteiger partial charge >= 0.3 is 0 Å². The lowest BCUT2D eigenvalue weighted by atomic mass is 10.1. The second-order valence-corrected chi connectivity index (χ2v) is 7.26. The number of guanidine groups is 1. The van der Waals surface area contributed by atoms with Crippen LogP contribution in [-0.4, -0.2) is 43.1 Å². The summed E-state index contributed by atoms with van der Waals surface area (Å²) < 4.78 is 5.51. The number of carbonyl (C=O) groups excluding carboxylic acids is 1. The molecule has 4 rings (SSSR count). The van der Waals surface area contributed by atoms with Gasteiger partial charge in [0.25, 0.3) is 5.91 Å². The van der Waals surface area contributed by atoms with Crippen molar-refractivity contribution in [2.75, 3.05) is 31.1 Å². The van der Waals surface area contributed by atoms with Gasteiger partial charge in [-0.1, -0.05) is 30.3 Å². The number of ether oxygens (including phenoxy) is 1. The Morgan fingerprint density at radius 3 is 2.81 bits per heavy atom. The van der Waals surface area contributed by atoms with Crippen LogP contribution in [0.4, 0.5) is 5.69 Å². The van der Waals surface area contributed by atoms with Crippen LogP contribution in [0.3, 0.4) is 0 Å². The summed E-state index contributed by atoms with van der Waals surface area (Å²) in [6.07, 6.45) is 2.62. The molecule has 8 heteroatoms. The normalized spacial score (nSPS) is 13.2. The lowest BCUT2D eigenvalue weighted by molar-refractivity contribution is -0.121. The fourth-order valence-electron chi connectivity index (χ4n) is 3.64. The van der Waals surface area contributed by atoms with Crippen LogP contribution in [-0.2, 0) is 11.3 Å². The summed E-state index contributed by atoms with van der Waals surface area (Å²) in [5, 5.41) is 7.78. The number of para-hydroxylation sites is 3. The molecule has 0 saturated heterocycles. The Balaban J connectivity index is 0.00000289. The van der Waals surface area contributed by atoms with Gasteiger partial charge in [-0.3, -0.25) is 9.78 Å². The van der Waals surface area contributed by atoms with Crippen molar-refractivity contribution in [3.63, 3.8) is 0 Å². The fraction of sp³-hybridized carbons (Fsp3) is 0.292. The van der Waals surface area contributed by atoms with E-state index in [1.807, 2.05) is 61.7 Å². The molecular weight excluding hydrogens is 517 g/mol. The van der Waals surface area contributed by atoms with E-state index >= 15 is 0 Å². The van der Waals surface area contributed by atoms with Gasteiger partial charge in [-0.25, -0.2) is 4.99 Å². The molecule has 0 spiro atoms. The number of fused-ring (bicyclic) bond motifs is 2. The maximum Gasteiger partial charge on any atom is 0.265 e. The first-order valence-corrected chi connectivity index (χ1v) is 10.6. The van der Waals surface area contributed by atoms with Crippen LogP contribution in [0.15, 0.2) is 65.8 Å². The second-order valence-electron chi connectivity index (χ2n) is 7.26. The largest absolute Gasteiger partial charge is 0.482 e. The first kappa shape index (κ1) is 23.8. The molecule has 32 heavy (non-hydrogen) atoms. The molecular formula is C24H28IN5O2. The van der Waals surface area contributed by atoms with E-state index in [1.165, 1.54) is 0 Å². The number of benzene rings is 2. The standard InChI is InChI=1S/C24H27N5O2.HI/c1-2-25-24(28-16-18-12-14-26-20-9-4-3-8-19(18)20)27-13-7-15-29-21-10-5-6-11-22(21)31-17-23(29)30;/h3-6,8-12,14H,2,7,13,15-17H2,1H3,(H2,25,27,28);1H. The molecule has 168 valence electrons. The van der Waals surface area contributed by atoms with E-state index in [9.17, 15) is 4.79 Å². The number of pyridine rings is 1. The number of nitrogens with one attached hydrogen (secondary N) is 2. The number of aliphatic imine (C=N–C) groups is 1. The number of halogens is 1. The summed E-state index contributed by atoms with van der Waals surface area (Å²) in [4.78, 5) is 23.2. The molecule has 0 aliphatic carbocycles. The minimum absolute atomic E-state index is 0. The number of amides is 1. The molecule has 0 atom stereocenters. The first-order valence-electron chi connectivity index (χ1n) is 10.6. The molecule has 7 nitrogen and oxygen atoms in total. The highest BCUT2D eigenvalue weighted by Crippen LogP contribution is 2.31. The molecule has 0 fully saturated rings. The smallest absolute Gasteiger partial charge is 0.265 e. The Morgan fingerprint density at radius 1 is 1.12 bits per heavy atom. The Kier molecular flexibility index (Phi) is 8.66. The molecule has 2 heterocycles. The Morgan fingerprint density at radius 2 is 1.94 bits per heavy atom. The molecule has 0 radical (unpaired) electrons. The van der Waals surface area contributed by atoms with E-state index < -0.39 is 0 Å². The minimum Gasteiger partial charge on any atom is -0.482 e. The topological polar surface area (TPSA) is 78.9 Å². The number of rotatable bonds is 7. The van der Waals surface area contributed by atoms with Gasteiger partial charge in [-0.05, 0) is 43.2 Å². The number of hydrogen-bond donors (Lipinski definition) is 2. The van der Waals surface area contributed by atoms with E-state index in [0.29, 0.717) is 19.6 Å². The zero-order chi connectivity index (χ0) is 21.5. The van der Waals surface area contributed by atoms with Crippen LogP contribution in [0, 0.1) is 0 Å². The lowest BCUT2D eigenvalue weighted by Gasteiger charge is -2.29. The SMILES string of the molecule is CCNC(=NCc1ccnc2ccccc12)NCCCN1C(=O)COc2ccccc21.I. The monoisotopic (exact) mass is 545 g/mol. The second kappa shape index (κ2) is 11.7. The molecule has 1 aliphatic rings. The van der Waals surface area contributed by atoms with Crippen molar-refractivity contribution in [1.82, 2.24) is 15.6 Å². The van der Waals surface area contributed by atoms with E-state index in [4.69, 9.17) is 9.73 Å². The highest BCUT2D eigenvalue weighted by Gasteiger charge is 2.24. The quantitative estimate of drug-likeness (QED) is 0.205. The third-order valence-electron chi connectivity index (χ3n) is 5.15. The zero-order valence-corrected chi connectivity index (χ0v) is 20.4. The van der Waals surface area contributed by atoms with Crippen molar-refractivity contribution in [2.45, 2.75) is 19.9 Å². The van der Waals surface area contributed by atoms with E-state index in [0.717, 1.165) is 46.8 Å². The highest BCUT2D eigenvalue weighted by atomic mass is 127. The summed E-state index contributed by atoms with van der Waals surface area (Å²) in [5.74, 6) is 1.51. The molecule has 0 saturated carbocycles. The van der Waals surface area contributed by atoms with Gasteiger partial charge in [0.05, 0.1) is 17.7 Å². The third-order valence-corrected chi connectivity index (χ3v) is 5.15. The van der Waals surface area contributed by atoms with Gasteiger partial charge in [-0.2, -0.15) is 0 Å². The van der Waals surface area contributed by atoms with Crippen LogP contribution >= 0.6 is 24.0 Å². The van der Waals surface area contributed by atoms with Crippen LogP contribution < -0.4 is 20.3 Å². The van der Waals surface area contributed by atoms with Gasteiger partial charge in [0.1, 0.15) is 5.75 Å². The predicted octanol–water partition coefficient (Wildman–Crippen LogP) is 3.72. The molecule has 2 aromatic carbocycles. The number of hydrogen-bond acceptors (Lipinski definition) is 4. The van der Waals surface area contributed by atoms with E-state index in [-0.39, 0.29) is 36.5 Å². The van der Waals surface area contributed by atoms with Gasteiger partial charge in [0, 0.05) is 31.2 Å². The van der Waals surface area contributed by atoms with Crippen molar-refractivity contribution >= 4 is 52.4 Å². The zero-order valence-electron chi connectivity index (χ0n) is 18.1. The van der Waals surface area contributed by atoms with Gasteiger partial charge < -0.3 is 20.3 Å². The van der Waals surface area contributed by atoms with Crippen LogP contribution in [0.2, 0.25) is 0 Å². The minimum atomic E-state index is -0.0103. The van der Waals surface area contributed by atoms with Gasteiger partial charge in [-0.15, -0.1) is 24.0 Å². The fourth-order valence-corrected chi connectivity index (χ4v) is 3.64. The Hall–Kier alpha value is -2.88. The van der Waals surface area contributed by atoms with E-state index in [1.54, 1.807) is 4.90 Å². The summed E-state index contributed by atoms with van der Waals surface area (Å²) in [5.41, 5.74) is 2.95. The summed E-state index contributed by atoms with van der Waals surface area (Å²) >= 11 is 0. The van der Waals surface area contributed by atoms with Gasteiger partial charge in [0.2, 0.25) is 0 Å². The first-order chi connectivity index (χ1) is 15.3.